The quantitative estimate of drug-likeness (QED) is 0.929. The summed E-state index contributed by atoms with van der Waals surface area (Å²) in [6.45, 7) is 2.67. The fourth-order valence-electron chi connectivity index (χ4n) is 3.16. The second-order valence-corrected chi connectivity index (χ2v) is 6.26. The maximum absolute atomic E-state index is 12.7. The van der Waals surface area contributed by atoms with E-state index in [0.29, 0.717) is 11.9 Å². The molecule has 120 valence electrons. The molecule has 4 rings (SSSR count). The highest BCUT2D eigenvalue weighted by Crippen LogP contribution is 2.26. The van der Waals surface area contributed by atoms with Gasteiger partial charge in [0.1, 0.15) is 0 Å². The van der Waals surface area contributed by atoms with Crippen molar-refractivity contribution in [2.45, 2.75) is 25.7 Å². The molecular formula is C16H19FN6. The van der Waals surface area contributed by atoms with E-state index in [1.165, 1.54) is 36.5 Å². The zero-order valence-corrected chi connectivity index (χ0v) is 12.9. The Hall–Kier alpha value is -2.31. The lowest BCUT2D eigenvalue weighted by Crippen LogP contribution is -2.50. The third kappa shape index (κ3) is 3.09. The third-order valence-electron chi connectivity index (χ3n) is 4.51. The minimum absolute atomic E-state index is 0.420. The molecule has 3 heterocycles. The number of hydrogen-bond donors (Lipinski definition) is 1. The fraction of sp³-hybridized carbons (Fsp3) is 0.500. The van der Waals surface area contributed by atoms with Gasteiger partial charge in [0.25, 0.3) is 0 Å². The highest BCUT2D eigenvalue weighted by molar-refractivity contribution is 5.45. The molecule has 7 heteroatoms. The number of aryl methyl sites for hydroxylation is 2. The van der Waals surface area contributed by atoms with Gasteiger partial charge in [0.2, 0.25) is 5.95 Å². The largest absolute Gasteiger partial charge is 0.354 e. The van der Waals surface area contributed by atoms with Crippen LogP contribution in [0.15, 0.2) is 18.5 Å². The summed E-state index contributed by atoms with van der Waals surface area (Å²) < 4.78 is 12.7. The van der Waals surface area contributed by atoms with Crippen molar-refractivity contribution in [2.24, 2.45) is 5.92 Å². The molecule has 2 aromatic rings. The molecule has 23 heavy (non-hydrogen) atoms. The maximum atomic E-state index is 12.7. The number of hydrogen-bond acceptors (Lipinski definition) is 6. The van der Waals surface area contributed by atoms with Crippen molar-refractivity contribution in [3.63, 3.8) is 0 Å². The van der Waals surface area contributed by atoms with Crippen LogP contribution in [0.3, 0.4) is 0 Å². The molecular weight excluding hydrogens is 295 g/mol. The van der Waals surface area contributed by atoms with Crippen LogP contribution in [-0.4, -0.2) is 39.8 Å². The molecule has 1 saturated heterocycles. The molecule has 6 nitrogen and oxygen atoms in total. The van der Waals surface area contributed by atoms with Gasteiger partial charge in [-0.3, -0.25) is 0 Å². The summed E-state index contributed by atoms with van der Waals surface area (Å²) in [5, 5.41) is 11.9. The number of fused-ring (bicyclic) bond motifs is 1. The second kappa shape index (κ2) is 6.06. The lowest BCUT2D eigenvalue weighted by atomic mass is 9.95. The van der Waals surface area contributed by atoms with Gasteiger partial charge in [0.15, 0.2) is 11.6 Å². The first kappa shape index (κ1) is 14.3. The van der Waals surface area contributed by atoms with Crippen molar-refractivity contribution in [3.05, 3.63) is 35.5 Å². The van der Waals surface area contributed by atoms with E-state index in [9.17, 15) is 4.39 Å². The molecule has 0 atom stereocenters. The zero-order chi connectivity index (χ0) is 15.6. The summed E-state index contributed by atoms with van der Waals surface area (Å²) in [4.78, 5) is 10.1. The normalized spacial score (nSPS) is 17.5. The Labute approximate surface area is 134 Å². The zero-order valence-electron chi connectivity index (χ0n) is 12.9. The van der Waals surface area contributed by atoms with Gasteiger partial charge >= 0.3 is 0 Å². The van der Waals surface area contributed by atoms with Crippen LogP contribution >= 0.6 is 0 Å². The van der Waals surface area contributed by atoms with Gasteiger partial charge < -0.3 is 10.2 Å². The minimum Gasteiger partial charge on any atom is -0.354 e. The Balaban J connectivity index is 1.30. The van der Waals surface area contributed by atoms with E-state index in [0.717, 1.165) is 38.3 Å². The van der Waals surface area contributed by atoms with E-state index < -0.39 is 5.82 Å². The summed E-state index contributed by atoms with van der Waals surface area (Å²) >= 11 is 0. The summed E-state index contributed by atoms with van der Waals surface area (Å²) in [6, 6.07) is 2.20. The molecule has 0 saturated carbocycles. The highest BCUT2D eigenvalue weighted by atomic mass is 19.1. The second-order valence-electron chi connectivity index (χ2n) is 6.26. The lowest BCUT2D eigenvalue weighted by Gasteiger charge is -2.40. The van der Waals surface area contributed by atoms with Gasteiger partial charge in [-0.15, -0.1) is 5.10 Å². The van der Waals surface area contributed by atoms with Crippen molar-refractivity contribution in [3.8, 4) is 0 Å². The molecule has 0 amide bonds. The maximum Gasteiger partial charge on any atom is 0.222 e. The Kier molecular flexibility index (Phi) is 3.77. The van der Waals surface area contributed by atoms with Crippen molar-refractivity contribution < 1.29 is 4.39 Å². The molecule has 1 aliphatic carbocycles. The SMILES string of the molecule is Fc1cnc(NCC2CN(c3cc4c(nn3)CCCC4)C2)nc1. The average molecular weight is 314 g/mol. The fourth-order valence-corrected chi connectivity index (χ4v) is 3.16. The van der Waals surface area contributed by atoms with Gasteiger partial charge in [-0.1, -0.05) is 0 Å². The summed E-state index contributed by atoms with van der Waals surface area (Å²) in [7, 11) is 0. The molecule has 0 bridgehead atoms. The standard InChI is InChI=1S/C16H19FN6/c17-13-7-19-16(20-8-13)18-6-11-9-23(10-11)15-5-12-3-1-2-4-14(12)21-22-15/h5,7-8,11H,1-4,6,9-10H2,(H,18,19,20). The Morgan fingerprint density at radius 3 is 2.74 bits per heavy atom. The van der Waals surface area contributed by atoms with E-state index in [1.807, 2.05) is 0 Å². The highest BCUT2D eigenvalue weighted by Gasteiger charge is 2.28. The third-order valence-corrected chi connectivity index (χ3v) is 4.51. The first-order valence-corrected chi connectivity index (χ1v) is 8.10. The molecule has 2 aromatic heterocycles. The number of aromatic nitrogens is 4. The first-order valence-electron chi connectivity index (χ1n) is 8.10. The van der Waals surface area contributed by atoms with Gasteiger partial charge in [-0.05, 0) is 37.3 Å². The van der Waals surface area contributed by atoms with Crippen LogP contribution in [0.1, 0.15) is 24.1 Å². The summed E-state index contributed by atoms with van der Waals surface area (Å²) in [5.74, 6) is 1.55. The number of rotatable bonds is 4. The predicted molar refractivity (Wildman–Crippen MR) is 84.9 cm³/mol. The van der Waals surface area contributed by atoms with Gasteiger partial charge in [-0.2, -0.15) is 5.10 Å². The molecule has 1 aliphatic heterocycles. The van der Waals surface area contributed by atoms with Crippen LogP contribution in [0.5, 0.6) is 0 Å². The van der Waals surface area contributed by atoms with E-state index in [-0.39, 0.29) is 0 Å². The molecule has 0 unspecified atom stereocenters. The van der Waals surface area contributed by atoms with Crippen molar-refractivity contribution in [1.29, 1.82) is 0 Å². The first-order chi connectivity index (χ1) is 11.3. The van der Waals surface area contributed by atoms with E-state index in [2.05, 4.69) is 36.4 Å². The number of anilines is 2. The van der Waals surface area contributed by atoms with Crippen LogP contribution in [0, 0.1) is 11.7 Å². The van der Waals surface area contributed by atoms with Crippen LogP contribution in [0.2, 0.25) is 0 Å². The van der Waals surface area contributed by atoms with Crippen LogP contribution in [-0.2, 0) is 12.8 Å². The van der Waals surface area contributed by atoms with Crippen molar-refractivity contribution >= 4 is 11.8 Å². The molecule has 1 fully saturated rings. The van der Waals surface area contributed by atoms with Gasteiger partial charge in [-0.25, -0.2) is 14.4 Å². The topological polar surface area (TPSA) is 66.8 Å². The lowest BCUT2D eigenvalue weighted by molar-refractivity contribution is 0.424. The van der Waals surface area contributed by atoms with Crippen LogP contribution < -0.4 is 10.2 Å². The van der Waals surface area contributed by atoms with Crippen molar-refractivity contribution in [1.82, 2.24) is 20.2 Å². The van der Waals surface area contributed by atoms with E-state index in [4.69, 9.17) is 0 Å². The minimum atomic E-state index is -0.420. The van der Waals surface area contributed by atoms with Crippen LogP contribution in [0.25, 0.3) is 0 Å². The molecule has 0 radical (unpaired) electrons. The molecule has 1 N–H and O–H groups in total. The Bertz CT molecular complexity index is 683. The predicted octanol–water partition coefficient (Wildman–Crippen LogP) is 1.83. The van der Waals surface area contributed by atoms with E-state index >= 15 is 0 Å². The monoisotopic (exact) mass is 314 g/mol. The summed E-state index contributed by atoms with van der Waals surface area (Å²) in [5.41, 5.74) is 2.54. The van der Waals surface area contributed by atoms with E-state index in [1.54, 1.807) is 0 Å². The number of halogens is 1. The smallest absolute Gasteiger partial charge is 0.222 e. The van der Waals surface area contributed by atoms with Crippen molar-refractivity contribution in [2.75, 3.05) is 29.9 Å². The Morgan fingerprint density at radius 2 is 1.91 bits per heavy atom. The van der Waals surface area contributed by atoms with Gasteiger partial charge in [0, 0.05) is 25.6 Å². The molecule has 0 spiro atoms. The Morgan fingerprint density at radius 1 is 1.13 bits per heavy atom. The molecule has 2 aliphatic rings. The average Bonchev–Trinajstić information content (AvgIpc) is 2.55. The van der Waals surface area contributed by atoms with Gasteiger partial charge in [0.05, 0.1) is 18.1 Å². The van der Waals surface area contributed by atoms with Crippen LogP contribution in [0.4, 0.5) is 16.2 Å². The summed E-state index contributed by atoms with van der Waals surface area (Å²) in [6.07, 6.45) is 7.01. The molecule has 0 aromatic carbocycles. The number of nitrogens with one attached hydrogen (secondary N) is 1. The number of nitrogens with zero attached hydrogens (tertiary/aromatic N) is 5.